The van der Waals surface area contributed by atoms with Gasteiger partial charge in [-0.25, -0.2) is 4.79 Å². The summed E-state index contributed by atoms with van der Waals surface area (Å²) >= 11 is 0. The van der Waals surface area contributed by atoms with Gasteiger partial charge < -0.3 is 15.4 Å². The molecule has 0 saturated heterocycles. The van der Waals surface area contributed by atoms with Gasteiger partial charge in [0.15, 0.2) is 6.73 Å². The summed E-state index contributed by atoms with van der Waals surface area (Å²) in [7, 11) is 0. The van der Waals surface area contributed by atoms with E-state index >= 15 is 0 Å². The van der Waals surface area contributed by atoms with Crippen LogP contribution in [0.3, 0.4) is 0 Å². The second-order valence-electron chi connectivity index (χ2n) is 4.46. The van der Waals surface area contributed by atoms with Gasteiger partial charge in [-0.1, -0.05) is 6.07 Å². The van der Waals surface area contributed by atoms with Crippen LogP contribution in [0.5, 0.6) is 5.75 Å². The quantitative estimate of drug-likeness (QED) is 0.784. The summed E-state index contributed by atoms with van der Waals surface area (Å²) in [5.41, 5.74) is 2.42. The summed E-state index contributed by atoms with van der Waals surface area (Å²) in [4.78, 5) is 11.3. The smallest absolute Gasteiger partial charge is 0.317 e. The number of nitrogens with one attached hydrogen (secondary N) is 2. The van der Waals surface area contributed by atoms with E-state index in [4.69, 9.17) is 4.74 Å². The zero-order chi connectivity index (χ0) is 12.3. The van der Waals surface area contributed by atoms with Gasteiger partial charge in [0.1, 0.15) is 5.75 Å². The molecule has 1 aromatic carbocycles. The van der Waals surface area contributed by atoms with E-state index in [0.717, 1.165) is 18.6 Å². The van der Waals surface area contributed by atoms with E-state index in [0.29, 0.717) is 6.04 Å². The number of carbonyl (C=O) groups excluding carboxylic acids is 1. The largest absolute Gasteiger partial charge is 0.473 e. The number of aryl methyl sites for hydroxylation is 2. The second-order valence-corrected chi connectivity index (χ2v) is 4.46. The Morgan fingerprint density at radius 1 is 1.35 bits per heavy atom. The fourth-order valence-corrected chi connectivity index (χ4v) is 1.45. The molecule has 2 N–H and O–H groups in total. The van der Waals surface area contributed by atoms with Gasteiger partial charge in [-0.2, -0.15) is 0 Å². The highest BCUT2D eigenvalue weighted by molar-refractivity contribution is 5.74. The van der Waals surface area contributed by atoms with Crippen LogP contribution in [0.25, 0.3) is 0 Å². The van der Waals surface area contributed by atoms with E-state index < -0.39 is 0 Å². The molecule has 1 aromatic rings. The van der Waals surface area contributed by atoms with Crippen LogP contribution in [0.1, 0.15) is 24.0 Å². The minimum atomic E-state index is -0.156. The first-order valence-electron chi connectivity index (χ1n) is 5.89. The molecule has 0 spiro atoms. The van der Waals surface area contributed by atoms with Gasteiger partial charge in [0.25, 0.3) is 0 Å². The fourth-order valence-electron chi connectivity index (χ4n) is 1.45. The molecular formula is C13H18N2O2. The monoisotopic (exact) mass is 234 g/mol. The molecule has 0 aromatic heterocycles. The molecule has 4 heteroatoms. The summed E-state index contributed by atoms with van der Waals surface area (Å²) in [6.45, 7) is 4.29. The lowest BCUT2D eigenvalue weighted by molar-refractivity contribution is 0.223. The van der Waals surface area contributed by atoms with Crippen molar-refractivity contribution in [1.82, 2.24) is 10.6 Å². The van der Waals surface area contributed by atoms with Crippen molar-refractivity contribution >= 4 is 6.03 Å². The number of urea groups is 1. The highest BCUT2D eigenvalue weighted by atomic mass is 16.5. The molecule has 0 unspecified atom stereocenters. The van der Waals surface area contributed by atoms with Crippen molar-refractivity contribution in [3.8, 4) is 5.75 Å². The molecule has 1 saturated carbocycles. The van der Waals surface area contributed by atoms with E-state index in [1.54, 1.807) is 0 Å². The Morgan fingerprint density at radius 3 is 2.76 bits per heavy atom. The van der Waals surface area contributed by atoms with Gasteiger partial charge in [-0.05, 0) is 49.9 Å². The van der Waals surface area contributed by atoms with Crippen molar-refractivity contribution in [1.29, 1.82) is 0 Å². The third-order valence-corrected chi connectivity index (χ3v) is 2.86. The van der Waals surface area contributed by atoms with Crippen molar-refractivity contribution in [2.24, 2.45) is 0 Å². The average Bonchev–Trinajstić information content (AvgIpc) is 3.07. The van der Waals surface area contributed by atoms with Crippen molar-refractivity contribution in [2.75, 3.05) is 6.73 Å². The van der Waals surface area contributed by atoms with Crippen LogP contribution in [0.15, 0.2) is 18.2 Å². The van der Waals surface area contributed by atoms with Crippen LogP contribution >= 0.6 is 0 Å². The van der Waals surface area contributed by atoms with Crippen LogP contribution in [0, 0.1) is 13.8 Å². The molecule has 0 bridgehead atoms. The number of rotatable bonds is 4. The number of amides is 2. The Labute approximate surface area is 101 Å². The lowest BCUT2D eigenvalue weighted by Crippen LogP contribution is -2.38. The number of hydrogen-bond donors (Lipinski definition) is 2. The van der Waals surface area contributed by atoms with Crippen molar-refractivity contribution < 1.29 is 9.53 Å². The zero-order valence-corrected chi connectivity index (χ0v) is 10.2. The van der Waals surface area contributed by atoms with E-state index in [1.165, 1.54) is 11.1 Å². The summed E-state index contributed by atoms with van der Waals surface area (Å²) in [5.74, 6) is 0.778. The summed E-state index contributed by atoms with van der Waals surface area (Å²) in [5, 5.41) is 5.49. The third kappa shape index (κ3) is 3.66. The van der Waals surface area contributed by atoms with Gasteiger partial charge in [-0.3, -0.25) is 0 Å². The maximum absolute atomic E-state index is 11.3. The normalized spacial score (nSPS) is 14.2. The van der Waals surface area contributed by atoms with Gasteiger partial charge >= 0.3 is 6.03 Å². The Kier molecular flexibility index (Phi) is 3.52. The maximum atomic E-state index is 11.3. The summed E-state index contributed by atoms with van der Waals surface area (Å²) in [6, 6.07) is 6.10. The van der Waals surface area contributed by atoms with E-state index in [1.807, 2.05) is 25.1 Å². The first-order chi connectivity index (χ1) is 8.15. The Bertz CT molecular complexity index is 414. The van der Waals surface area contributed by atoms with Crippen LogP contribution in [-0.2, 0) is 0 Å². The maximum Gasteiger partial charge on any atom is 0.317 e. The predicted molar refractivity (Wildman–Crippen MR) is 66.1 cm³/mol. The number of carbonyl (C=O) groups is 1. The van der Waals surface area contributed by atoms with Crippen LogP contribution in [0.2, 0.25) is 0 Å². The van der Waals surface area contributed by atoms with Crippen molar-refractivity contribution in [2.45, 2.75) is 32.7 Å². The number of ether oxygens (including phenoxy) is 1. The Balaban J connectivity index is 1.73. The molecule has 0 radical (unpaired) electrons. The molecule has 4 nitrogen and oxygen atoms in total. The topological polar surface area (TPSA) is 50.4 Å². The lowest BCUT2D eigenvalue weighted by Gasteiger charge is -2.10. The minimum Gasteiger partial charge on any atom is -0.473 e. The molecule has 92 valence electrons. The minimum absolute atomic E-state index is 0.156. The van der Waals surface area contributed by atoms with Gasteiger partial charge in [0.05, 0.1) is 0 Å². The summed E-state index contributed by atoms with van der Waals surface area (Å²) < 4.78 is 5.44. The highest BCUT2D eigenvalue weighted by Gasteiger charge is 2.22. The molecule has 2 rings (SSSR count). The molecular weight excluding hydrogens is 216 g/mol. The van der Waals surface area contributed by atoms with Crippen LogP contribution in [-0.4, -0.2) is 18.8 Å². The lowest BCUT2D eigenvalue weighted by atomic mass is 10.1. The molecule has 1 aliphatic rings. The van der Waals surface area contributed by atoms with Gasteiger partial charge in [-0.15, -0.1) is 0 Å². The molecule has 2 amide bonds. The van der Waals surface area contributed by atoms with Crippen molar-refractivity contribution in [3.05, 3.63) is 29.3 Å². The van der Waals surface area contributed by atoms with Crippen LogP contribution < -0.4 is 15.4 Å². The van der Waals surface area contributed by atoms with E-state index in [9.17, 15) is 4.79 Å². The molecule has 0 heterocycles. The molecule has 1 aliphatic carbocycles. The molecule has 0 aliphatic heterocycles. The second kappa shape index (κ2) is 5.08. The van der Waals surface area contributed by atoms with E-state index in [-0.39, 0.29) is 12.8 Å². The van der Waals surface area contributed by atoms with E-state index in [2.05, 4.69) is 17.6 Å². The van der Waals surface area contributed by atoms with Crippen molar-refractivity contribution in [3.63, 3.8) is 0 Å². The fraction of sp³-hybridized carbons (Fsp3) is 0.462. The Hall–Kier alpha value is -1.71. The number of benzene rings is 1. The molecule has 1 fully saturated rings. The van der Waals surface area contributed by atoms with Gasteiger partial charge in [0.2, 0.25) is 0 Å². The predicted octanol–water partition coefficient (Wildman–Crippen LogP) is 2.10. The average molecular weight is 234 g/mol. The highest BCUT2D eigenvalue weighted by Crippen LogP contribution is 2.18. The molecule has 0 atom stereocenters. The molecule has 17 heavy (non-hydrogen) atoms. The zero-order valence-electron chi connectivity index (χ0n) is 10.2. The number of hydrogen-bond acceptors (Lipinski definition) is 2. The van der Waals surface area contributed by atoms with Gasteiger partial charge in [0, 0.05) is 6.04 Å². The first kappa shape index (κ1) is 11.8. The van der Waals surface area contributed by atoms with Crippen LogP contribution in [0.4, 0.5) is 4.79 Å². The Morgan fingerprint density at radius 2 is 2.12 bits per heavy atom. The first-order valence-corrected chi connectivity index (χ1v) is 5.89. The standard InChI is InChI=1S/C13H18N2O2/c1-9-3-6-12(7-10(9)2)17-8-14-13(16)15-11-4-5-11/h3,6-7,11H,4-5,8H2,1-2H3,(H2,14,15,16). The SMILES string of the molecule is Cc1ccc(OCNC(=O)NC2CC2)cc1C. The third-order valence-electron chi connectivity index (χ3n) is 2.86. The summed E-state index contributed by atoms with van der Waals surface area (Å²) in [6.07, 6.45) is 2.18.